The zero-order chi connectivity index (χ0) is 13.0. The van der Waals surface area contributed by atoms with Gasteiger partial charge in [-0.3, -0.25) is 0 Å². The zero-order valence-electron chi connectivity index (χ0n) is 9.93. The lowest BCUT2D eigenvalue weighted by atomic mass is 10.3. The van der Waals surface area contributed by atoms with Gasteiger partial charge in [0.05, 0.1) is 10.6 Å². The standard InChI is InChI=1S/C12H14N2O2S2/c1-8-4-5-10(18-8)9-7-17-12(14-9)13-6-2-3-11(15)16/h4-5,7H,2-3,6H2,1H3,(H,13,14)(H,15,16)/p-1. The van der Waals surface area contributed by atoms with Gasteiger partial charge in [-0.25, -0.2) is 4.98 Å². The van der Waals surface area contributed by atoms with Crippen LogP contribution in [0.5, 0.6) is 0 Å². The van der Waals surface area contributed by atoms with E-state index in [1.165, 1.54) is 16.2 Å². The predicted molar refractivity (Wildman–Crippen MR) is 72.9 cm³/mol. The lowest BCUT2D eigenvalue weighted by Crippen LogP contribution is -2.22. The van der Waals surface area contributed by atoms with Crippen LogP contribution in [0.25, 0.3) is 10.6 Å². The second-order valence-corrected chi connectivity index (χ2v) is 6.00. The molecule has 18 heavy (non-hydrogen) atoms. The molecule has 0 aliphatic rings. The molecule has 0 amide bonds. The van der Waals surface area contributed by atoms with Crippen LogP contribution in [-0.2, 0) is 4.79 Å². The third-order valence-corrected chi connectivity index (χ3v) is 4.15. The van der Waals surface area contributed by atoms with Crippen LogP contribution < -0.4 is 10.4 Å². The molecule has 1 N–H and O–H groups in total. The van der Waals surface area contributed by atoms with Crippen molar-refractivity contribution in [2.24, 2.45) is 0 Å². The lowest BCUT2D eigenvalue weighted by Gasteiger charge is -2.02. The van der Waals surface area contributed by atoms with Crippen LogP contribution in [0.3, 0.4) is 0 Å². The summed E-state index contributed by atoms with van der Waals surface area (Å²) in [6, 6.07) is 4.14. The van der Waals surface area contributed by atoms with Gasteiger partial charge in [0.1, 0.15) is 0 Å². The number of nitrogens with zero attached hydrogens (tertiary/aromatic N) is 1. The average Bonchev–Trinajstić information content (AvgIpc) is 2.93. The van der Waals surface area contributed by atoms with E-state index in [-0.39, 0.29) is 6.42 Å². The van der Waals surface area contributed by atoms with Crippen LogP contribution in [0.4, 0.5) is 5.13 Å². The first kappa shape index (κ1) is 13.0. The van der Waals surface area contributed by atoms with E-state index < -0.39 is 5.97 Å². The molecule has 2 rings (SSSR count). The molecule has 0 aromatic carbocycles. The lowest BCUT2D eigenvalue weighted by molar-refractivity contribution is -0.305. The number of hydrogen-bond donors (Lipinski definition) is 1. The molecule has 0 spiro atoms. The fraction of sp³-hybridized carbons (Fsp3) is 0.333. The molecule has 0 unspecified atom stereocenters. The zero-order valence-corrected chi connectivity index (χ0v) is 11.6. The Morgan fingerprint density at radius 1 is 1.50 bits per heavy atom. The topological polar surface area (TPSA) is 65.0 Å². The average molecular weight is 281 g/mol. The van der Waals surface area contributed by atoms with Crippen molar-refractivity contribution in [3.05, 3.63) is 22.4 Å². The number of carbonyl (C=O) groups is 1. The number of aromatic nitrogens is 1. The summed E-state index contributed by atoms with van der Waals surface area (Å²) in [7, 11) is 0. The van der Waals surface area contributed by atoms with Crippen molar-refractivity contribution in [2.45, 2.75) is 19.8 Å². The second-order valence-electron chi connectivity index (χ2n) is 3.85. The Balaban J connectivity index is 1.88. The van der Waals surface area contributed by atoms with Crippen molar-refractivity contribution in [1.29, 1.82) is 0 Å². The van der Waals surface area contributed by atoms with E-state index >= 15 is 0 Å². The number of anilines is 1. The number of thiazole rings is 1. The van der Waals surface area contributed by atoms with Crippen LogP contribution in [0.2, 0.25) is 0 Å². The molecule has 0 saturated carbocycles. The minimum absolute atomic E-state index is 0.0787. The van der Waals surface area contributed by atoms with E-state index in [0.29, 0.717) is 13.0 Å². The number of aryl methyl sites for hydroxylation is 1. The first-order valence-corrected chi connectivity index (χ1v) is 7.31. The van der Waals surface area contributed by atoms with Crippen molar-refractivity contribution in [3.8, 4) is 10.6 Å². The number of aliphatic carboxylic acids is 1. The predicted octanol–water partition coefficient (Wildman–Crippen LogP) is 2.12. The van der Waals surface area contributed by atoms with Gasteiger partial charge in [0.15, 0.2) is 5.13 Å². The summed E-state index contributed by atoms with van der Waals surface area (Å²) < 4.78 is 0. The maximum atomic E-state index is 10.3. The third kappa shape index (κ3) is 3.54. The Bertz CT molecular complexity index is 534. The maximum absolute atomic E-state index is 10.3. The molecule has 2 aromatic heterocycles. The number of thiophene rings is 1. The Labute approximate surface area is 113 Å². The molecule has 2 heterocycles. The largest absolute Gasteiger partial charge is 0.550 e. The van der Waals surface area contributed by atoms with Gasteiger partial charge in [0.25, 0.3) is 0 Å². The molecule has 0 aliphatic carbocycles. The van der Waals surface area contributed by atoms with Gasteiger partial charge >= 0.3 is 0 Å². The molecule has 0 bridgehead atoms. The van der Waals surface area contributed by atoms with Gasteiger partial charge in [0.2, 0.25) is 0 Å². The van der Waals surface area contributed by atoms with Gasteiger partial charge in [-0.15, -0.1) is 22.7 Å². The van der Waals surface area contributed by atoms with Crippen molar-refractivity contribution < 1.29 is 9.90 Å². The Morgan fingerprint density at radius 2 is 2.33 bits per heavy atom. The van der Waals surface area contributed by atoms with Crippen LogP contribution in [-0.4, -0.2) is 17.5 Å². The van der Waals surface area contributed by atoms with Crippen molar-refractivity contribution in [2.75, 3.05) is 11.9 Å². The van der Waals surface area contributed by atoms with Crippen LogP contribution in [0.1, 0.15) is 17.7 Å². The van der Waals surface area contributed by atoms with Crippen LogP contribution in [0.15, 0.2) is 17.5 Å². The summed E-state index contributed by atoms with van der Waals surface area (Å²) in [5.74, 6) is -1.01. The summed E-state index contributed by atoms with van der Waals surface area (Å²) >= 11 is 3.25. The van der Waals surface area contributed by atoms with E-state index in [1.807, 2.05) is 5.38 Å². The minimum atomic E-state index is -1.01. The SMILES string of the molecule is Cc1ccc(-c2csc(NCCCC(=O)[O-])n2)s1. The number of hydrogen-bond acceptors (Lipinski definition) is 6. The smallest absolute Gasteiger partial charge is 0.183 e. The molecule has 0 saturated heterocycles. The number of carboxylic acids is 1. The highest BCUT2D eigenvalue weighted by molar-refractivity contribution is 7.16. The van der Waals surface area contributed by atoms with Gasteiger partial charge < -0.3 is 15.2 Å². The van der Waals surface area contributed by atoms with Gasteiger partial charge in [0, 0.05) is 22.8 Å². The van der Waals surface area contributed by atoms with Gasteiger partial charge in [-0.1, -0.05) is 0 Å². The minimum Gasteiger partial charge on any atom is -0.550 e. The van der Waals surface area contributed by atoms with Crippen LogP contribution >= 0.6 is 22.7 Å². The molecule has 4 nitrogen and oxygen atoms in total. The van der Waals surface area contributed by atoms with Gasteiger partial charge in [-0.05, 0) is 31.9 Å². The number of carbonyl (C=O) groups excluding carboxylic acids is 1. The van der Waals surface area contributed by atoms with Crippen molar-refractivity contribution in [1.82, 2.24) is 4.98 Å². The number of carboxylic acid groups (broad SMARTS) is 1. The Morgan fingerprint density at radius 3 is 3.00 bits per heavy atom. The molecule has 2 aromatic rings. The fourth-order valence-electron chi connectivity index (χ4n) is 1.47. The summed E-state index contributed by atoms with van der Waals surface area (Å²) in [6.07, 6.45) is 0.630. The molecular formula is C12H13N2O2S2-. The highest BCUT2D eigenvalue weighted by atomic mass is 32.1. The van der Waals surface area contributed by atoms with Crippen molar-refractivity contribution in [3.63, 3.8) is 0 Å². The molecule has 0 aliphatic heterocycles. The summed E-state index contributed by atoms with van der Waals surface area (Å²) in [6.45, 7) is 2.67. The third-order valence-electron chi connectivity index (χ3n) is 2.33. The monoisotopic (exact) mass is 281 g/mol. The maximum Gasteiger partial charge on any atom is 0.183 e. The Hall–Kier alpha value is -1.40. The van der Waals surface area contributed by atoms with Gasteiger partial charge in [-0.2, -0.15) is 0 Å². The Kier molecular flexibility index (Phi) is 4.33. The number of rotatable bonds is 6. The molecule has 6 heteroatoms. The summed E-state index contributed by atoms with van der Waals surface area (Å²) in [4.78, 5) is 17.1. The van der Waals surface area contributed by atoms with Crippen LogP contribution in [0, 0.1) is 6.92 Å². The molecular weight excluding hydrogens is 268 g/mol. The molecule has 0 radical (unpaired) electrons. The summed E-state index contributed by atoms with van der Waals surface area (Å²) in [5.41, 5.74) is 0.973. The highest BCUT2D eigenvalue weighted by Crippen LogP contribution is 2.30. The quantitative estimate of drug-likeness (QED) is 0.824. The van der Waals surface area contributed by atoms with E-state index in [0.717, 1.165) is 15.7 Å². The van der Waals surface area contributed by atoms with E-state index in [2.05, 4.69) is 29.4 Å². The van der Waals surface area contributed by atoms with E-state index in [1.54, 1.807) is 11.3 Å². The second kappa shape index (κ2) is 5.97. The van der Waals surface area contributed by atoms with Crippen molar-refractivity contribution >= 4 is 33.8 Å². The highest BCUT2D eigenvalue weighted by Gasteiger charge is 2.05. The number of nitrogens with one attached hydrogen (secondary N) is 1. The molecule has 0 atom stereocenters. The van der Waals surface area contributed by atoms with E-state index in [4.69, 9.17) is 0 Å². The summed E-state index contributed by atoms with van der Waals surface area (Å²) in [5, 5.41) is 16.2. The normalized spacial score (nSPS) is 10.5. The fourth-order valence-corrected chi connectivity index (χ4v) is 3.11. The molecule has 0 fully saturated rings. The molecule has 96 valence electrons. The first-order chi connectivity index (χ1) is 8.65. The first-order valence-electron chi connectivity index (χ1n) is 5.61. The van der Waals surface area contributed by atoms with E-state index in [9.17, 15) is 9.90 Å².